The van der Waals surface area contributed by atoms with Gasteiger partial charge in [-0.05, 0) is 63.1 Å². The van der Waals surface area contributed by atoms with Gasteiger partial charge >= 0.3 is 6.09 Å². The van der Waals surface area contributed by atoms with Gasteiger partial charge in [0.1, 0.15) is 17.2 Å². The highest BCUT2D eigenvalue weighted by Crippen LogP contribution is 2.35. The number of aromatic nitrogens is 1. The van der Waals surface area contributed by atoms with Crippen LogP contribution in [0.2, 0.25) is 0 Å². The summed E-state index contributed by atoms with van der Waals surface area (Å²) < 4.78 is 36.3. The molecule has 4 rings (SSSR count). The molecule has 0 saturated heterocycles. The molecule has 0 N–H and O–H groups in total. The Labute approximate surface area is 181 Å². The van der Waals surface area contributed by atoms with Gasteiger partial charge in [0.2, 0.25) is 0 Å². The molecule has 162 valence electrons. The first-order valence-corrected chi connectivity index (χ1v) is 10.4. The number of carbonyl (C=O) groups excluding carboxylic acids is 1. The molecule has 31 heavy (non-hydrogen) atoms. The lowest BCUT2D eigenvalue weighted by Crippen LogP contribution is -2.34. The van der Waals surface area contributed by atoms with E-state index in [9.17, 15) is 13.6 Å². The van der Waals surface area contributed by atoms with E-state index in [0.717, 1.165) is 22.5 Å². The summed E-state index contributed by atoms with van der Waals surface area (Å²) in [5.74, 6) is -1.43. The third kappa shape index (κ3) is 4.07. The average molecular weight is 424 g/mol. The maximum atomic E-state index is 14.7. The van der Waals surface area contributed by atoms with Gasteiger partial charge in [-0.3, -0.25) is 0 Å². The molecular formula is C25H26F2N2O2. The van der Waals surface area contributed by atoms with Crippen LogP contribution in [0.3, 0.4) is 0 Å². The number of fused-ring (bicyclic) bond motifs is 1. The molecule has 6 heteroatoms. The summed E-state index contributed by atoms with van der Waals surface area (Å²) in [6.07, 6.45) is -0.0744. The van der Waals surface area contributed by atoms with E-state index >= 15 is 0 Å². The minimum Gasteiger partial charge on any atom is -0.443 e. The lowest BCUT2D eigenvalue weighted by molar-refractivity contribution is 0.0535. The number of halogens is 2. The SMILES string of the molecule is Cc1ccccc1N1CCc2c(cc(-c3c(F)cccc3F)n2C(=O)OC(C)(C)C)C1. The summed E-state index contributed by atoms with van der Waals surface area (Å²) >= 11 is 0. The zero-order valence-electron chi connectivity index (χ0n) is 18.2. The van der Waals surface area contributed by atoms with Gasteiger partial charge in [0, 0.05) is 30.9 Å². The fourth-order valence-electron chi connectivity index (χ4n) is 4.10. The van der Waals surface area contributed by atoms with Gasteiger partial charge < -0.3 is 9.64 Å². The zero-order valence-corrected chi connectivity index (χ0v) is 18.2. The largest absolute Gasteiger partial charge is 0.443 e. The number of para-hydroxylation sites is 1. The summed E-state index contributed by atoms with van der Waals surface area (Å²) in [6.45, 7) is 8.58. The summed E-state index contributed by atoms with van der Waals surface area (Å²) in [7, 11) is 0. The lowest BCUT2D eigenvalue weighted by Gasteiger charge is -2.31. The van der Waals surface area contributed by atoms with Crippen molar-refractivity contribution in [1.82, 2.24) is 4.57 Å². The lowest BCUT2D eigenvalue weighted by atomic mass is 10.0. The van der Waals surface area contributed by atoms with Crippen molar-refractivity contribution in [2.45, 2.75) is 46.3 Å². The van der Waals surface area contributed by atoms with Gasteiger partial charge in [-0.1, -0.05) is 24.3 Å². The molecule has 0 amide bonds. The molecule has 3 aromatic rings. The number of aryl methyl sites for hydroxylation is 1. The minimum atomic E-state index is -0.735. The van der Waals surface area contributed by atoms with Gasteiger partial charge in [-0.2, -0.15) is 0 Å². The Bertz CT molecular complexity index is 1120. The Balaban J connectivity index is 1.83. The number of hydrogen-bond acceptors (Lipinski definition) is 3. The monoisotopic (exact) mass is 424 g/mol. The average Bonchev–Trinajstić information content (AvgIpc) is 3.05. The smallest absolute Gasteiger partial charge is 0.419 e. The quantitative estimate of drug-likeness (QED) is 0.499. The van der Waals surface area contributed by atoms with E-state index in [2.05, 4.69) is 24.0 Å². The highest BCUT2D eigenvalue weighted by Gasteiger charge is 2.31. The second-order valence-corrected chi connectivity index (χ2v) is 8.87. The molecule has 0 bridgehead atoms. The molecule has 1 aromatic heterocycles. The predicted molar refractivity (Wildman–Crippen MR) is 117 cm³/mol. The predicted octanol–water partition coefficient (Wildman–Crippen LogP) is 6.09. The number of nitrogens with zero attached hydrogens (tertiary/aromatic N) is 2. The van der Waals surface area contributed by atoms with Crippen LogP contribution in [0.5, 0.6) is 0 Å². The summed E-state index contributed by atoms with van der Waals surface area (Å²) in [5, 5.41) is 0. The fourth-order valence-corrected chi connectivity index (χ4v) is 4.10. The highest BCUT2D eigenvalue weighted by atomic mass is 19.1. The van der Waals surface area contributed by atoms with Gasteiger partial charge in [-0.15, -0.1) is 0 Å². The topological polar surface area (TPSA) is 34.5 Å². The number of rotatable bonds is 2. The van der Waals surface area contributed by atoms with Crippen molar-refractivity contribution >= 4 is 11.8 Å². The van der Waals surface area contributed by atoms with E-state index in [1.54, 1.807) is 26.8 Å². The van der Waals surface area contributed by atoms with Crippen molar-refractivity contribution < 1.29 is 18.3 Å². The molecule has 2 aromatic carbocycles. The molecular weight excluding hydrogens is 398 g/mol. The van der Waals surface area contributed by atoms with Crippen LogP contribution in [0.15, 0.2) is 48.5 Å². The van der Waals surface area contributed by atoms with E-state index < -0.39 is 23.3 Å². The normalized spacial score (nSPS) is 13.8. The second kappa shape index (κ2) is 7.84. The van der Waals surface area contributed by atoms with Crippen molar-refractivity contribution in [3.8, 4) is 11.3 Å². The van der Waals surface area contributed by atoms with Crippen LogP contribution in [0.4, 0.5) is 19.3 Å². The maximum Gasteiger partial charge on any atom is 0.419 e. The molecule has 1 aliphatic heterocycles. The first kappa shape index (κ1) is 21.1. The van der Waals surface area contributed by atoms with Crippen molar-refractivity contribution in [1.29, 1.82) is 0 Å². The Hall–Kier alpha value is -3.15. The first-order valence-electron chi connectivity index (χ1n) is 10.4. The third-order valence-electron chi connectivity index (χ3n) is 5.42. The van der Waals surface area contributed by atoms with Crippen LogP contribution in [-0.4, -0.2) is 22.8 Å². The summed E-state index contributed by atoms with van der Waals surface area (Å²) in [5.41, 5.74) is 3.08. The van der Waals surface area contributed by atoms with Gasteiger partial charge in [-0.25, -0.2) is 18.1 Å². The van der Waals surface area contributed by atoms with Gasteiger partial charge in [0.25, 0.3) is 0 Å². The number of anilines is 1. The molecule has 2 heterocycles. The molecule has 0 saturated carbocycles. The zero-order chi connectivity index (χ0) is 22.3. The van der Waals surface area contributed by atoms with Crippen molar-refractivity contribution in [2.24, 2.45) is 0 Å². The van der Waals surface area contributed by atoms with Gasteiger partial charge in [0.15, 0.2) is 0 Å². The second-order valence-electron chi connectivity index (χ2n) is 8.87. The van der Waals surface area contributed by atoms with Crippen molar-refractivity contribution in [3.63, 3.8) is 0 Å². The minimum absolute atomic E-state index is 0.182. The number of hydrogen-bond donors (Lipinski definition) is 0. The fraction of sp³-hybridized carbons (Fsp3) is 0.320. The molecule has 0 unspecified atom stereocenters. The molecule has 0 spiro atoms. The molecule has 0 fully saturated rings. The summed E-state index contributed by atoms with van der Waals surface area (Å²) in [6, 6.07) is 13.5. The first-order chi connectivity index (χ1) is 14.7. The molecule has 0 atom stereocenters. The molecule has 0 aliphatic carbocycles. The number of ether oxygens (including phenoxy) is 1. The highest BCUT2D eigenvalue weighted by molar-refractivity contribution is 5.81. The van der Waals surface area contributed by atoms with E-state index in [1.165, 1.54) is 22.8 Å². The third-order valence-corrected chi connectivity index (χ3v) is 5.42. The number of carbonyl (C=O) groups is 1. The van der Waals surface area contributed by atoms with E-state index in [1.807, 2.05) is 12.1 Å². The Morgan fingerprint density at radius 3 is 2.35 bits per heavy atom. The van der Waals surface area contributed by atoms with Crippen LogP contribution in [-0.2, 0) is 17.7 Å². The van der Waals surface area contributed by atoms with Crippen LogP contribution in [0, 0.1) is 18.6 Å². The Morgan fingerprint density at radius 1 is 1.03 bits per heavy atom. The maximum absolute atomic E-state index is 14.7. The molecule has 0 radical (unpaired) electrons. The van der Waals surface area contributed by atoms with E-state index in [4.69, 9.17) is 4.74 Å². The van der Waals surface area contributed by atoms with Crippen LogP contribution in [0.1, 0.15) is 37.6 Å². The van der Waals surface area contributed by atoms with Crippen LogP contribution in [0.25, 0.3) is 11.3 Å². The van der Waals surface area contributed by atoms with Crippen molar-refractivity contribution in [2.75, 3.05) is 11.4 Å². The van der Waals surface area contributed by atoms with E-state index in [0.29, 0.717) is 19.5 Å². The Kier molecular flexibility index (Phi) is 5.33. The van der Waals surface area contributed by atoms with Gasteiger partial charge in [0.05, 0.1) is 11.3 Å². The van der Waals surface area contributed by atoms with Crippen LogP contribution < -0.4 is 4.90 Å². The van der Waals surface area contributed by atoms with Crippen molar-refractivity contribution in [3.05, 3.63) is 77.0 Å². The summed E-state index contributed by atoms with van der Waals surface area (Å²) in [4.78, 5) is 15.3. The molecule has 1 aliphatic rings. The Morgan fingerprint density at radius 2 is 1.71 bits per heavy atom. The van der Waals surface area contributed by atoms with E-state index in [-0.39, 0.29) is 11.3 Å². The molecule has 4 nitrogen and oxygen atoms in total. The van der Waals surface area contributed by atoms with Crippen LogP contribution >= 0.6 is 0 Å². The number of benzene rings is 2. The standard InChI is InChI=1S/C25H26F2N2O2/c1-16-8-5-6-11-20(16)28-13-12-21-17(15-28)14-22(23-18(26)9-7-10-19(23)27)29(21)24(30)31-25(2,3)4/h5-11,14H,12-13,15H2,1-4H3.